The van der Waals surface area contributed by atoms with Gasteiger partial charge in [0.15, 0.2) is 0 Å². The van der Waals surface area contributed by atoms with Gasteiger partial charge in [0.05, 0.1) is 7.11 Å². The number of carbonyl (C=O) groups is 2. The van der Waals surface area contributed by atoms with Gasteiger partial charge < -0.3 is 9.84 Å². The van der Waals surface area contributed by atoms with Crippen LogP contribution >= 0.6 is 0 Å². The summed E-state index contributed by atoms with van der Waals surface area (Å²) < 4.78 is 4.27. The first-order chi connectivity index (χ1) is 6.36. The number of carbonyl (C=O) groups excluding carboxylic acids is 1. The van der Waals surface area contributed by atoms with Gasteiger partial charge in [-0.15, -0.1) is 0 Å². The van der Waals surface area contributed by atoms with Crippen molar-refractivity contribution in [3.8, 4) is 0 Å². The molecule has 0 amide bonds. The lowest BCUT2D eigenvalue weighted by atomic mass is 10.2. The second-order valence-electron chi connectivity index (χ2n) is 2.53. The third-order valence-corrected chi connectivity index (χ3v) is 1.26. The molecule has 0 radical (unpaired) electrons. The highest BCUT2D eigenvalue weighted by Gasteiger charge is 1.96. The minimum Gasteiger partial charge on any atom is -0.478 e. The molecule has 0 atom stereocenters. The Hall–Kier alpha value is -1.58. The van der Waals surface area contributed by atoms with Crippen molar-refractivity contribution in [3.63, 3.8) is 0 Å². The molecule has 4 nitrogen and oxygen atoms in total. The Bertz CT molecular complexity index is 215. The molecule has 0 aliphatic carbocycles. The lowest BCUT2D eigenvalue weighted by molar-refractivity contribution is -0.136. The van der Waals surface area contributed by atoms with Crippen LogP contribution in [0.2, 0.25) is 0 Å². The second-order valence-corrected chi connectivity index (χ2v) is 2.53. The van der Waals surface area contributed by atoms with Crippen molar-refractivity contribution in [2.45, 2.75) is 20.3 Å². The fourth-order valence-corrected chi connectivity index (χ4v) is 0.325. The normalized spacial score (nSPS) is 7.93. The van der Waals surface area contributed by atoms with Gasteiger partial charge in [0.1, 0.15) is 0 Å². The third kappa shape index (κ3) is 8.52. The van der Waals surface area contributed by atoms with Crippen LogP contribution < -0.4 is 0 Å². The maximum atomic E-state index is 10.2. The summed E-state index contributed by atoms with van der Waals surface area (Å²) >= 11 is 0. The summed E-state index contributed by atoms with van der Waals surface area (Å²) in [5.41, 5.74) is 0.697. The first kappa shape index (κ1) is 14.9. The highest BCUT2D eigenvalue weighted by atomic mass is 16.5. The molecule has 1 N–H and O–H groups in total. The molecule has 14 heavy (non-hydrogen) atoms. The van der Waals surface area contributed by atoms with E-state index in [1.165, 1.54) is 7.11 Å². The summed E-state index contributed by atoms with van der Waals surface area (Å²) in [4.78, 5) is 20.0. The lowest BCUT2D eigenvalue weighted by Gasteiger charge is -1.91. The minimum atomic E-state index is -0.900. The molecule has 0 unspecified atom stereocenters. The number of aliphatic carboxylic acids is 1. The molecule has 0 bridgehead atoms. The van der Waals surface area contributed by atoms with Crippen LogP contribution in [0.15, 0.2) is 24.3 Å². The molecular formula is C10H16O4. The first-order valence-corrected chi connectivity index (χ1v) is 4.01. The van der Waals surface area contributed by atoms with E-state index in [1.54, 1.807) is 13.8 Å². The Morgan fingerprint density at radius 2 is 1.79 bits per heavy atom. The van der Waals surface area contributed by atoms with Gasteiger partial charge in [0.2, 0.25) is 0 Å². The van der Waals surface area contributed by atoms with Gasteiger partial charge >= 0.3 is 11.9 Å². The predicted octanol–water partition coefficient (Wildman–Crippen LogP) is 1.77. The van der Waals surface area contributed by atoms with Crippen LogP contribution in [-0.4, -0.2) is 24.2 Å². The van der Waals surface area contributed by atoms with Crippen molar-refractivity contribution in [1.82, 2.24) is 0 Å². The highest BCUT2D eigenvalue weighted by Crippen LogP contribution is 1.93. The van der Waals surface area contributed by atoms with E-state index in [2.05, 4.69) is 17.9 Å². The molecule has 4 heteroatoms. The Morgan fingerprint density at radius 3 is 1.79 bits per heavy atom. The summed E-state index contributed by atoms with van der Waals surface area (Å²) in [6, 6.07) is 0. The zero-order chi connectivity index (χ0) is 11.7. The number of hydrogen-bond acceptors (Lipinski definition) is 3. The quantitative estimate of drug-likeness (QED) is 0.557. The fourth-order valence-electron chi connectivity index (χ4n) is 0.325. The van der Waals surface area contributed by atoms with Gasteiger partial charge in [0.25, 0.3) is 0 Å². The number of ether oxygens (including phenoxy) is 1. The van der Waals surface area contributed by atoms with Gasteiger partial charge in [-0.1, -0.05) is 20.1 Å². The molecule has 0 aliphatic heterocycles. The number of hydrogen-bond donors (Lipinski definition) is 1. The Labute approximate surface area is 83.9 Å². The van der Waals surface area contributed by atoms with Crippen LogP contribution in [0, 0.1) is 0 Å². The van der Waals surface area contributed by atoms with Crippen molar-refractivity contribution >= 4 is 11.9 Å². The maximum Gasteiger partial charge on any atom is 0.332 e. The monoisotopic (exact) mass is 200 g/mol. The first-order valence-electron chi connectivity index (χ1n) is 4.01. The Balaban J connectivity index is 0. The van der Waals surface area contributed by atoms with Gasteiger partial charge in [-0.2, -0.15) is 0 Å². The summed E-state index contributed by atoms with van der Waals surface area (Å²) in [6.45, 7) is 9.99. The molecule has 0 saturated heterocycles. The number of esters is 1. The molecule has 0 saturated carbocycles. The Morgan fingerprint density at radius 1 is 1.36 bits per heavy atom. The summed E-state index contributed by atoms with van der Waals surface area (Å²) in [7, 11) is 1.33. The van der Waals surface area contributed by atoms with Gasteiger partial charge in [0, 0.05) is 11.1 Å². The van der Waals surface area contributed by atoms with E-state index in [-0.39, 0.29) is 11.5 Å². The van der Waals surface area contributed by atoms with E-state index in [0.717, 1.165) is 0 Å². The van der Waals surface area contributed by atoms with Gasteiger partial charge in [-0.25, -0.2) is 9.59 Å². The van der Waals surface area contributed by atoms with E-state index >= 15 is 0 Å². The smallest absolute Gasteiger partial charge is 0.332 e. The van der Waals surface area contributed by atoms with Crippen molar-refractivity contribution in [1.29, 1.82) is 0 Å². The van der Waals surface area contributed by atoms with E-state index in [0.29, 0.717) is 12.0 Å². The number of carboxylic acid groups (broad SMARTS) is 1. The van der Waals surface area contributed by atoms with Crippen LogP contribution in [0.3, 0.4) is 0 Å². The SMILES string of the molecule is C=C(C)C(=O)OC.C=C(CC)C(=O)O. The number of methoxy groups -OCH3 is 1. The average molecular weight is 200 g/mol. The average Bonchev–Trinajstić information content (AvgIpc) is 2.15. The van der Waals surface area contributed by atoms with Crippen LogP contribution in [0.4, 0.5) is 0 Å². The van der Waals surface area contributed by atoms with E-state index in [1.807, 2.05) is 0 Å². The molecule has 0 fully saturated rings. The van der Waals surface area contributed by atoms with E-state index in [4.69, 9.17) is 5.11 Å². The molecule has 80 valence electrons. The van der Waals surface area contributed by atoms with Crippen LogP contribution in [0.5, 0.6) is 0 Å². The van der Waals surface area contributed by atoms with Crippen molar-refractivity contribution in [2.75, 3.05) is 7.11 Å². The fraction of sp³-hybridized carbons (Fsp3) is 0.400. The highest BCUT2D eigenvalue weighted by molar-refractivity contribution is 5.86. The largest absolute Gasteiger partial charge is 0.478 e. The summed E-state index contributed by atoms with van der Waals surface area (Å²) in [5, 5.41) is 8.08. The summed E-state index contributed by atoms with van der Waals surface area (Å²) in [6.07, 6.45) is 0.523. The Kier molecular flexibility index (Phi) is 8.57. The lowest BCUT2D eigenvalue weighted by Crippen LogP contribution is -1.98. The van der Waals surface area contributed by atoms with Crippen LogP contribution in [0.25, 0.3) is 0 Å². The molecule has 0 aromatic carbocycles. The maximum absolute atomic E-state index is 10.2. The van der Waals surface area contributed by atoms with E-state index in [9.17, 15) is 9.59 Å². The van der Waals surface area contributed by atoms with Crippen molar-refractivity contribution in [3.05, 3.63) is 24.3 Å². The molecule has 0 aliphatic rings. The van der Waals surface area contributed by atoms with Crippen molar-refractivity contribution < 1.29 is 19.4 Å². The molecule has 0 aromatic heterocycles. The molecule has 0 heterocycles. The predicted molar refractivity (Wildman–Crippen MR) is 53.9 cm³/mol. The van der Waals surface area contributed by atoms with Gasteiger partial charge in [-0.3, -0.25) is 0 Å². The molecule has 0 rings (SSSR count). The van der Waals surface area contributed by atoms with Crippen molar-refractivity contribution in [2.24, 2.45) is 0 Å². The topological polar surface area (TPSA) is 63.6 Å². The zero-order valence-corrected chi connectivity index (χ0v) is 8.79. The zero-order valence-electron chi connectivity index (χ0n) is 8.79. The molecule has 0 aromatic rings. The third-order valence-electron chi connectivity index (χ3n) is 1.26. The second kappa shape index (κ2) is 8.04. The molecule has 0 spiro atoms. The molecular weight excluding hydrogens is 184 g/mol. The van der Waals surface area contributed by atoms with Crippen LogP contribution in [0.1, 0.15) is 20.3 Å². The number of rotatable bonds is 3. The van der Waals surface area contributed by atoms with E-state index < -0.39 is 5.97 Å². The van der Waals surface area contributed by atoms with Crippen LogP contribution in [-0.2, 0) is 14.3 Å². The summed E-state index contributed by atoms with van der Waals surface area (Å²) in [5.74, 6) is -1.25. The standard InChI is InChI=1S/2C5H8O2/c1-4(2)5(6)7-3;1-3-4(2)5(6)7/h1H2,2-3H3;2-3H2,1H3,(H,6,7). The van der Waals surface area contributed by atoms with Gasteiger partial charge in [-0.05, 0) is 13.3 Å². The minimum absolute atomic E-state index is 0.264. The number of carboxylic acids is 1.